The Kier molecular flexibility index (Phi) is 2.57. The zero-order valence-electron chi connectivity index (χ0n) is 6.23. The van der Waals surface area contributed by atoms with Crippen molar-refractivity contribution in [3.8, 4) is 0 Å². The highest BCUT2D eigenvalue weighted by molar-refractivity contribution is 9.10. The predicted molar refractivity (Wildman–Crippen MR) is 47.1 cm³/mol. The first-order chi connectivity index (χ1) is 6.04. The Balaban J connectivity index is 3.43. The molecule has 6 nitrogen and oxygen atoms in total. The number of nitrogens with zero attached hydrogens (tertiary/aromatic N) is 2. The van der Waals surface area contributed by atoms with Crippen LogP contribution in [0.25, 0.3) is 0 Å². The molecule has 1 amide bonds. The fourth-order valence-corrected chi connectivity index (χ4v) is 1.29. The lowest BCUT2D eigenvalue weighted by Crippen LogP contribution is -2.15. The van der Waals surface area contributed by atoms with E-state index < -0.39 is 16.6 Å². The summed E-state index contributed by atoms with van der Waals surface area (Å²) in [4.78, 5) is 23.9. The molecule has 0 aliphatic heterocycles. The normalized spacial score (nSPS) is 9.62. The van der Waals surface area contributed by atoms with Gasteiger partial charge in [-0.05, 0) is 31.9 Å². The fourth-order valence-electron chi connectivity index (χ4n) is 0.794. The van der Waals surface area contributed by atoms with Gasteiger partial charge in [0.05, 0.1) is 0 Å². The van der Waals surface area contributed by atoms with Crippen molar-refractivity contribution in [2.75, 3.05) is 0 Å². The van der Waals surface area contributed by atoms with Gasteiger partial charge in [0.25, 0.3) is 5.91 Å². The van der Waals surface area contributed by atoms with Crippen LogP contribution in [0.1, 0.15) is 10.4 Å². The summed E-state index contributed by atoms with van der Waals surface area (Å²) < 4.78 is 0.265. The minimum absolute atomic E-state index is 0.215. The first-order valence-electron chi connectivity index (χ1n) is 3.12. The number of carbonyl (C=O) groups excluding carboxylic acids is 1. The molecule has 1 rings (SSSR count). The quantitative estimate of drug-likeness (QED) is 0.617. The summed E-state index contributed by atoms with van der Waals surface area (Å²) in [6.45, 7) is 0. The highest BCUT2D eigenvalue weighted by Crippen LogP contribution is 2.23. The maximum absolute atomic E-state index is 10.8. The van der Waals surface area contributed by atoms with E-state index in [9.17, 15) is 14.9 Å². The van der Waals surface area contributed by atoms with E-state index in [2.05, 4.69) is 20.9 Å². The predicted octanol–water partition coefficient (Wildman–Crippen LogP) is 0.851. The number of carbonyl (C=O) groups is 1. The third kappa shape index (κ3) is 1.81. The highest BCUT2D eigenvalue weighted by Gasteiger charge is 2.22. The summed E-state index contributed by atoms with van der Waals surface area (Å²) in [7, 11) is 0. The van der Waals surface area contributed by atoms with Crippen LogP contribution < -0.4 is 5.73 Å². The molecule has 0 atom stereocenters. The Morgan fingerprint density at radius 2 is 2.31 bits per heavy atom. The average Bonchev–Trinajstić information content (AvgIpc) is 2.02. The van der Waals surface area contributed by atoms with Gasteiger partial charge >= 0.3 is 5.82 Å². The number of hydrogen-bond donors (Lipinski definition) is 1. The largest absolute Gasteiger partial charge is 0.377 e. The molecule has 2 N–H and O–H groups in total. The number of primary amides is 1. The van der Waals surface area contributed by atoms with Gasteiger partial charge in [0.2, 0.25) is 0 Å². The molecule has 0 bridgehead atoms. The summed E-state index contributed by atoms with van der Waals surface area (Å²) in [6, 6.07) is 1.41. The molecule has 68 valence electrons. The SMILES string of the molecule is NC(=O)c1c(Br)ccnc1[N+](=O)[O-]. The van der Waals surface area contributed by atoms with Gasteiger partial charge in [0.15, 0.2) is 5.56 Å². The number of aromatic nitrogens is 1. The Hall–Kier alpha value is -1.50. The molecular weight excluding hydrogens is 242 g/mol. The van der Waals surface area contributed by atoms with Gasteiger partial charge in [0, 0.05) is 4.47 Å². The maximum Gasteiger partial charge on any atom is 0.377 e. The minimum atomic E-state index is -0.883. The lowest BCUT2D eigenvalue weighted by Gasteiger charge is -1.99. The van der Waals surface area contributed by atoms with Gasteiger partial charge in [-0.25, -0.2) is 0 Å². The summed E-state index contributed by atoms with van der Waals surface area (Å²) >= 11 is 2.97. The van der Waals surface area contributed by atoms with Crippen LogP contribution >= 0.6 is 15.9 Å². The molecule has 0 aliphatic carbocycles. The van der Waals surface area contributed by atoms with Crippen molar-refractivity contribution in [2.45, 2.75) is 0 Å². The zero-order valence-corrected chi connectivity index (χ0v) is 7.82. The lowest BCUT2D eigenvalue weighted by molar-refractivity contribution is -0.389. The van der Waals surface area contributed by atoms with Gasteiger partial charge in [0.1, 0.15) is 6.20 Å². The van der Waals surface area contributed by atoms with Gasteiger partial charge in [-0.3, -0.25) is 4.79 Å². The smallest absolute Gasteiger partial charge is 0.365 e. The van der Waals surface area contributed by atoms with E-state index in [4.69, 9.17) is 5.73 Å². The molecule has 0 spiro atoms. The highest BCUT2D eigenvalue weighted by atomic mass is 79.9. The lowest BCUT2D eigenvalue weighted by atomic mass is 10.2. The van der Waals surface area contributed by atoms with Crippen LogP contribution in [0.15, 0.2) is 16.7 Å². The molecule has 0 radical (unpaired) electrons. The number of rotatable bonds is 2. The number of halogens is 1. The van der Waals surface area contributed by atoms with Crippen LogP contribution in [0.2, 0.25) is 0 Å². The van der Waals surface area contributed by atoms with Crippen molar-refractivity contribution in [1.29, 1.82) is 0 Å². The molecule has 1 heterocycles. The minimum Gasteiger partial charge on any atom is -0.365 e. The number of amides is 1. The van der Waals surface area contributed by atoms with Crippen LogP contribution in [-0.4, -0.2) is 15.8 Å². The third-order valence-electron chi connectivity index (χ3n) is 1.30. The summed E-state index contributed by atoms with van der Waals surface area (Å²) in [5, 5.41) is 10.4. The van der Waals surface area contributed by atoms with Gasteiger partial charge in [-0.1, -0.05) is 0 Å². The Morgan fingerprint density at radius 1 is 1.69 bits per heavy atom. The van der Waals surface area contributed by atoms with E-state index in [-0.39, 0.29) is 10.0 Å². The van der Waals surface area contributed by atoms with Crippen molar-refractivity contribution in [3.63, 3.8) is 0 Å². The molecule has 0 aromatic carbocycles. The molecule has 7 heteroatoms. The Morgan fingerprint density at radius 3 is 2.69 bits per heavy atom. The van der Waals surface area contributed by atoms with E-state index in [1.54, 1.807) is 0 Å². The van der Waals surface area contributed by atoms with E-state index in [0.29, 0.717) is 0 Å². The summed E-state index contributed by atoms with van der Waals surface area (Å²) in [5.74, 6) is -1.42. The number of hydrogen-bond acceptors (Lipinski definition) is 4. The number of nitro groups is 1. The maximum atomic E-state index is 10.8. The van der Waals surface area contributed by atoms with Crippen LogP contribution in [0.3, 0.4) is 0 Å². The Bertz CT molecular complexity index is 379. The zero-order chi connectivity index (χ0) is 10.0. The van der Waals surface area contributed by atoms with Crippen molar-refractivity contribution in [3.05, 3.63) is 32.4 Å². The van der Waals surface area contributed by atoms with Gasteiger partial charge in [-0.2, -0.15) is 0 Å². The first kappa shape index (κ1) is 9.59. The van der Waals surface area contributed by atoms with Crippen molar-refractivity contribution < 1.29 is 9.72 Å². The summed E-state index contributed by atoms with van der Waals surface area (Å²) in [5.41, 5.74) is 4.72. The fraction of sp³-hybridized carbons (Fsp3) is 0. The van der Waals surface area contributed by atoms with Crippen molar-refractivity contribution in [1.82, 2.24) is 4.98 Å². The molecule has 0 unspecified atom stereocenters. The topological polar surface area (TPSA) is 99.1 Å². The summed E-state index contributed by atoms with van der Waals surface area (Å²) in [6.07, 6.45) is 1.22. The molecule has 0 saturated heterocycles. The average molecular weight is 246 g/mol. The first-order valence-corrected chi connectivity index (χ1v) is 3.92. The Labute approximate surface area is 81.0 Å². The van der Waals surface area contributed by atoms with E-state index in [1.807, 2.05) is 0 Å². The van der Waals surface area contributed by atoms with Crippen LogP contribution in [-0.2, 0) is 0 Å². The molecular formula is C6H4BrN3O3. The van der Waals surface area contributed by atoms with E-state index >= 15 is 0 Å². The second kappa shape index (κ2) is 3.48. The van der Waals surface area contributed by atoms with Gasteiger partial charge < -0.3 is 15.8 Å². The molecule has 0 fully saturated rings. The van der Waals surface area contributed by atoms with Gasteiger partial charge in [-0.15, -0.1) is 0 Å². The number of pyridine rings is 1. The molecule has 13 heavy (non-hydrogen) atoms. The van der Waals surface area contributed by atoms with Crippen LogP contribution in [0, 0.1) is 10.1 Å². The van der Waals surface area contributed by atoms with Crippen LogP contribution in [0.4, 0.5) is 5.82 Å². The second-order valence-electron chi connectivity index (χ2n) is 2.11. The third-order valence-corrected chi connectivity index (χ3v) is 1.96. The molecule has 1 aromatic heterocycles. The second-order valence-corrected chi connectivity index (χ2v) is 2.97. The molecule has 0 aliphatic rings. The standard InChI is InChI=1S/C6H4BrN3O3/c7-3-1-2-9-6(10(12)13)4(3)5(8)11/h1-2H,(H2,8,11). The monoisotopic (exact) mass is 245 g/mol. The van der Waals surface area contributed by atoms with E-state index in [0.717, 1.165) is 0 Å². The van der Waals surface area contributed by atoms with Crippen molar-refractivity contribution in [2.24, 2.45) is 5.73 Å². The number of nitrogens with two attached hydrogens (primary N) is 1. The van der Waals surface area contributed by atoms with Crippen LogP contribution in [0.5, 0.6) is 0 Å². The molecule has 1 aromatic rings. The van der Waals surface area contributed by atoms with E-state index in [1.165, 1.54) is 12.3 Å². The molecule has 0 saturated carbocycles. The van der Waals surface area contributed by atoms with Crippen molar-refractivity contribution >= 4 is 27.7 Å².